The van der Waals surface area contributed by atoms with Crippen LogP contribution in [0.4, 0.5) is 19.0 Å². The monoisotopic (exact) mass is 335 g/mol. The van der Waals surface area contributed by atoms with Gasteiger partial charge in [0.1, 0.15) is 5.82 Å². The molecular formula is C14H17ClF3N3O. The smallest absolute Gasteiger partial charge is 0.380 e. The van der Waals surface area contributed by atoms with E-state index in [2.05, 4.69) is 9.88 Å². The second-order valence-corrected chi connectivity index (χ2v) is 5.97. The van der Waals surface area contributed by atoms with E-state index in [0.717, 1.165) is 45.0 Å². The van der Waals surface area contributed by atoms with Gasteiger partial charge in [-0.2, -0.15) is 13.2 Å². The van der Waals surface area contributed by atoms with E-state index in [4.69, 9.17) is 16.3 Å². The first-order valence-corrected chi connectivity index (χ1v) is 7.62. The van der Waals surface area contributed by atoms with Crippen molar-refractivity contribution in [3.05, 3.63) is 22.8 Å². The first-order chi connectivity index (χ1) is 10.4. The number of ether oxygens (including phenoxy) is 1. The van der Waals surface area contributed by atoms with E-state index >= 15 is 0 Å². The molecular weight excluding hydrogens is 319 g/mol. The molecule has 2 aliphatic heterocycles. The van der Waals surface area contributed by atoms with Crippen LogP contribution in [0.2, 0.25) is 5.02 Å². The van der Waals surface area contributed by atoms with Crippen LogP contribution in [0.5, 0.6) is 0 Å². The third kappa shape index (κ3) is 3.31. The molecule has 122 valence electrons. The number of alkyl halides is 3. The number of pyridine rings is 1. The molecule has 22 heavy (non-hydrogen) atoms. The van der Waals surface area contributed by atoms with Gasteiger partial charge in [0, 0.05) is 45.0 Å². The Morgan fingerprint density at radius 1 is 1.23 bits per heavy atom. The maximum Gasteiger partial charge on any atom is 0.417 e. The highest BCUT2D eigenvalue weighted by Gasteiger charge is 2.33. The number of piperazine rings is 1. The number of aromatic nitrogens is 1. The normalized spacial score (nSPS) is 24.0. The van der Waals surface area contributed by atoms with Crippen molar-refractivity contribution in [2.24, 2.45) is 0 Å². The molecule has 3 heterocycles. The molecule has 0 spiro atoms. The zero-order valence-electron chi connectivity index (χ0n) is 11.9. The Labute approximate surface area is 131 Å². The molecule has 0 radical (unpaired) electrons. The van der Waals surface area contributed by atoms with Crippen molar-refractivity contribution in [3.8, 4) is 0 Å². The van der Waals surface area contributed by atoms with E-state index in [1.54, 1.807) is 0 Å². The van der Waals surface area contributed by atoms with Crippen LogP contribution in [-0.2, 0) is 10.9 Å². The Morgan fingerprint density at radius 3 is 2.50 bits per heavy atom. The molecule has 0 amide bonds. The van der Waals surface area contributed by atoms with E-state index in [-0.39, 0.29) is 5.02 Å². The van der Waals surface area contributed by atoms with Gasteiger partial charge in [-0.15, -0.1) is 0 Å². The highest BCUT2D eigenvalue weighted by Crippen LogP contribution is 2.33. The van der Waals surface area contributed by atoms with E-state index in [1.165, 1.54) is 0 Å². The number of anilines is 1. The van der Waals surface area contributed by atoms with E-state index in [0.29, 0.717) is 24.9 Å². The van der Waals surface area contributed by atoms with Gasteiger partial charge in [0.2, 0.25) is 0 Å². The second-order valence-electron chi connectivity index (χ2n) is 5.57. The van der Waals surface area contributed by atoms with Crippen molar-refractivity contribution in [2.75, 3.05) is 44.3 Å². The molecule has 2 aliphatic rings. The van der Waals surface area contributed by atoms with Crippen LogP contribution in [0, 0.1) is 0 Å². The Bertz CT molecular complexity index is 527. The number of hydrogen-bond acceptors (Lipinski definition) is 4. The fourth-order valence-corrected chi connectivity index (χ4v) is 3.21. The van der Waals surface area contributed by atoms with Crippen molar-refractivity contribution in [2.45, 2.75) is 18.6 Å². The molecule has 0 aromatic carbocycles. The van der Waals surface area contributed by atoms with Gasteiger partial charge in [0.15, 0.2) is 0 Å². The van der Waals surface area contributed by atoms with E-state index in [1.807, 2.05) is 4.90 Å². The third-order valence-electron chi connectivity index (χ3n) is 4.18. The predicted molar refractivity (Wildman–Crippen MR) is 77.3 cm³/mol. The third-order valence-corrected chi connectivity index (χ3v) is 4.46. The standard InChI is InChI=1S/C14H17ClF3N3O/c15-12-7-10(14(16,17)18)8-19-13(12)21-4-2-20(3-5-21)11-1-6-22-9-11/h7-8,11H,1-6,9H2. The van der Waals surface area contributed by atoms with Crippen LogP contribution in [0.15, 0.2) is 12.3 Å². The van der Waals surface area contributed by atoms with Crippen molar-refractivity contribution < 1.29 is 17.9 Å². The Hall–Kier alpha value is -1.05. The van der Waals surface area contributed by atoms with Gasteiger partial charge in [-0.25, -0.2) is 4.98 Å². The number of hydrogen-bond donors (Lipinski definition) is 0. The topological polar surface area (TPSA) is 28.6 Å². The highest BCUT2D eigenvalue weighted by atomic mass is 35.5. The molecule has 2 saturated heterocycles. The van der Waals surface area contributed by atoms with Gasteiger partial charge in [0.25, 0.3) is 0 Å². The summed E-state index contributed by atoms with van der Waals surface area (Å²) in [5.74, 6) is 0.428. The lowest BCUT2D eigenvalue weighted by Gasteiger charge is -2.38. The SMILES string of the molecule is FC(F)(F)c1cnc(N2CCN(C3CCOC3)CC2)c(Cl)c1. The first kappa shape index (κ1) is 15.8. The summed E-state index contributed by atoms with van der Waals surface area (Å²) >= 11 is 5.99. The van der Waals surface area contributed by atoms with Crippen LogP contribution in [0.3, 0.4) is 0 Å². The van der Waals surface area contributed by atoms with Gasteiger partial charge in [-0.3, -0.25) is 4.90 Å². The molecule has 8 heteroatoms. The lowest BCUT2D eigenvalue weighted by Crippen LogP contribution is -2.50. The number of halogens is 4. The van der Waals surface area contributed by atoms with Crippen LogP contribution in [0.25, 0.3) is 0 Å². The van der Waals surface area contributed by atoms with Crippen LogP contribution in [-0.4, -0.2) is 55.3 Å². The zero-order valence-corrected chi connectivity index (χ0v) is 12.7. The van der Waals surface area contributed by atoms with Gasteiger partial charge in [-0.1, -0.05) is 11.6 Å². The molecule has 0 bridgehead atoms. The van der Waals surface area contributed by atoms with Crippen LogP contribution in [0.1, 0.15) is 12.0 Å². The molecule has 0 saturated carbocycles. The summed E-state index contributed by atoms with van der Waals surface area (Å²) in [6.45, 7) is 4.65. The summed E-state index contributed by atoms with van der Waals surface area (Å²) in [5.41, 5.74) is -0.817. The summed E-state index contributed by atoms with van der Waals surface area (Å²) in [7, 11) is 0. The maximum atomic E-state index is 12.6. The summed E-state index contributed by atoms with van der Waals surface area (Å²) in [6, 6.07) is 1.40. The number of nitrogens with zero attached hydrogens (tertiary/aromatic N) is 3. The van der Waals surface area contributed by atoms with E-state index < -0.39 is 11.7 Å². The number of rotatable bonds is 2. The van der Waals surface area contributed by atoms with Gasteiger partial charge in [0.05, 0.1) is 17.2 Å². The minimum absolute atomic E-state index is 0.0486. The predicted octanol–water partition coefficient (Wildman–Crippen LogP) is 2.66. The quantitative estimate of drug-likeness (QED) is 0.831. The van der Waals surface area contributed by atoms with Crippen LogP contribution >= 0.6 is 11.6 Å². The molecule has 0 N–H and O–H groups in total. The van der Waals surface area contributed by atoms with Crippen molar-refractivity contribution in [1.82, 2.24) is 9.88 Å². The largest absolute Gasteiger partial charge is 0.417 e. The zero-order chi connectivity index (χ0) is 15.7. The lowest BCUT2D eigenvalue weighted by atomic mass is 10.2. The fraction of sp³-hybridized carbons (Fsp3) is 0.643. The molecule has 1 unspecified atom stereocenters. The molecule has 1 aromatic heterocycles. The van der Waals surface area contributed by atoms with Crippen molar-refractivity contribution in [3.63, 3.8) is 0 Å². The maximum absolute atomic E-state index is 12.6. The van der Waals surface area contributed by atoms with Crippen molar-refractivity contribution >= 4 is 17.4 Å². The summed E-state index contributed by atoms with van der Waals surface area (Å²) in [4.78, 5) is 8.22. The summed E-state index contributed by atoms with van der Waals surface area (Å²) in [6.07, 6.45) is -2.53. The molecule has 4 nitrogen and oxygen atoms in total. The summed E-state index contributed by atoms with van der Waals surface area (Å²) in [5, 5.41) is 0.0486. The van der Waals surface area contributed by atoms with Gasteiger partial charge >= 0.3 is 6.18 Å². The average Bonchev–Trinajstić information content (AvgIpc) is 3.01. The summed E-state index contributed by atoms with van der Waals surface area (Å²) < 4.78 is 43.3. The molecule has 3 rings (SSSR count). The van der Waals surface area contributed by atoms with Crippen molar-refractivity contribution in [1.29, 1.82) is 0 Å². The lowest BCUT2D eigenvalue weighted by molar-refractivity contribution is -0.137. The second kappa shape index (κ2) is 6.22. The van der Waals surface area contributed by atoms with E-state index in [9.17, 15) is 13.2 Å². The minimum atomic E-state index is -4.42. The fourth-order valence-electron chi connectivity index (χ4n) is 2.93. The molecule has 1 aromatic rings. The molecule has 2 fully saturated rings. The first-order valence-electron chi connectivity index (χ1n) is 7.24. The van der Waals surface area contributed by atoms with Gasteiger partial charge < -0.3 is 9.64 Å². The highest BCUT2D eigenvalue weighted by molar-refractivity contribution is 6.33. The van der Waals surface area contributed by atoms with Crippen LogP contribution < -0.4 is 4.90 Å². The Morgan fingerprint density at radius 2 is 1.95 bits per heavy atom. The molecule has 1 atom stereocenters. The average molecular weight is 336 g/mol. The Kier molecular flexibility index (Phi) is 4.47. The molecule has 0 aliphatic carbocycles. The van der Waals surface area contributed by atoms with Gasteiger partial charge in [-0.05, 0) is 12.5 Å². The minimum Gasteiger partial charge on any atom is -0.380 e. The Balaban J connectivity index is 1.66.